The molecule has 0 bridgehead atoms. The summed E-state index contributed by atoms with van der Waals surface area (Å²) in [6.07, 6.45) is 0.863. The number of benzene rings is 2. The Morgan fingerprint density at radius 2 is 1.79 bits per heavy atom. The Bertz CT molecular complexity index is 1480. The number of carbonyl (C=O) groups excluding carboxylic acids is 4. The van der Waals surface area contributed by atoms with E-state index in [9.17, 15) is 24.0 Å². The lowest BCUT2D eigenvalue weighted by atomic mass is 9.85. The minimum absolute atomic E-state index is 0.0220. The summed E-state index contributed by atoms with van der Waals surface area (Å²) in [5, 5.41) is 27.9. The van der Waals surface area contributed by atoms with E-state index in [4.69, 9.17) is 5.11 Å². The van der Waals surface area contributed by atoms with Crippen molar-refractivity contribution in [2.24, 2.45) is 11.8 Å². The molecule has 4 rings (SSSR count). The molecule has 0 spiro atoms. The predicted octanol–water partition coefficient (Wildman–Crippen LogP) is 1.38. The molecule has 2 aromatic carbocycles. The van der Waals surface area contributed by atoms with Crippen molar-refractivity contribution in [2.75, 3.05) is 11.4 Å². The molecule has 3 aromatic rings. The normalized spacial score (nSPS) is 15.3. The van der Waals surface area contributed by atoms with Crippen molar-refractivity contribution in [3.05, 3.63) is 71.0 Å². The highest BCUT2D eigenvalue weighted by molar-refractivity contribution is 6.05. The van der Waals surface area contributed by atoms with E-state index in [-0.39, 0.29) is 44.1 Å². The van der Waals surface area contributed by atoms with Gasteiger partial charge >= 0.3 is 5.97 Å². The minimum atomic E-state index is -0.959. The highest BCUT2D eigenvalue weighted by atomic mass is 16.4. The van der Waals surface area contributed by atoms with Crippen LogP contribution in [0.15, 0.2) is 48.5 Å². The number of aromatic nitrogens is 4. The lowest BCUT2D eigenvalue weighted by Crippen LogP contribution is -2.51. The van der Waals surface area contributed by atoms with Gasteiger partial charge in [-0.1, -0.05) is 67.9 Å². The molecule has 4 N–H and O–H groups in total. The summed E-state index contributed by atoms with van der Waals surface area (Å²) >= 11 is 0. The van der Waals surface area contributed by atoms with Gasteiger partial charge in [0.25, 0.3) is 0 Å². The number of nitrogens with zero attached hydrogens (tertiary/aromatic N) is 4. The highest BCUT2D eigenvalue weighted by Crippen LogP contribution is 2.32. The third-order valence-electron chi connectivity index (χ3n) is 7.63. The largest absolute Gasteiger partial charge is 0.481 e. The Morgan fingerprint density at radius 3 is 2.49 bits per heavy atom. The zero-order valence-corrected chi connectivity index (χ0v) is 24.1. The number of amides is 3. The molecule has 3 atom stereocenters. The number of carboxylic acid groups (broad SMARTS) is 1. The van der Waals surface area contributed by atoms with Gasteiger partial charge in [-0.25, -0.2) is 0 Å². The van der Waals surface area contributed by atoms with E-state index in [1.54, 1.807) is 36.4 Å². The van der Waals surface area contributed by atoms with Crippen LogP contribution >= 0.6 is 0 Å². The number of hydrogen-bond donors (Lipinski definition) is 4. The van der Waals surface area contributed by atoms with Crippen LogP contribution in [0.2, 0.25) is 0 Å². The molecular weight excluding hydrogens is 554 g/mol. The topological polar surface area (TPSA) is 187 Å². The summed E-state index contributed by atoms with van der Waals surface area (Å²) in [7, 11) is 0. The molecule has 43 heavy (non-hydrogen) atoms. The Balaban J connectivity index is 1.40. The van der Waals surface area contributed by atoms with Crippen molar-refractivity contribution in [3.8, 4) is 0 Å². The van der Waals surface area contributed by atoms with Crippen molar-refractivity contribution < 1.29 is 29.1 Å². The van der Waals surface area contributed by atoms with Gasteiger partial charge in [-0.3, -0.25) is 28.9 Å². The number of para-hydroxylation sites is 1. The van der Waals surface area contributed by atoms with Crippen molar-refractivity contribution in [2.45, 2.75) is 58.5 Å². The van der Waals surface area contributed by atoms with Crippen LogP contribution < -0.4 is 15.5 Å². The summed E-state index contributed by atoms with van der Waals surface area (Å²) in [5.74, 6) is -2.88. The quantitative estimate of drug-likeness (QED) is 0.215. The van der Waals surface area contributed by atoms with Crippen molar-refractivity contribution in [3.63, 3.8) is 0 Å². The van der Waals surface area contributed by atoms with E-state index in [1.165, 1.54) is 4.90 Å². The van der Waals surface area contributed by atoms with Gasteiger partial charge in [0.15, 0.2) is 5.82 Å². The third kappa shape index (κ3) is 8.09. The first kappa shape index (κ1) is 31.0. The van der Waals surface area contributed by atoms with Gasteiger partial charge in [0.1, 0.15) is 11.8 Å². The monoisotopic (exact) mass is 589 g/mol. The van der Waals surface area contributed by atoms with Crippen LogP contribution in [-0.4, -0.2) is 67.8 Å². The van der Waals surface area contributed by atoms with Gasteiger partial charge in [0.2, 0.25) is 17.7 Å². The second-order valence-corrected chi connectivity index (χ2v) is 10.7. The lowest BCUT2D eigenvalue weighted by molar-refractivity contribution is -0.136. The summed E-state index contributed by atoms with van der Waals surface area (Å²) in [5.41, 5.74) is 2.70. The maximum Gasteiger partial charge on any atom is 0.307 e. The van der Waals surface area contributed by atoms with Crippen molar-refractivity contribution in [1.29, 1.82) is 0 Å². The van der Waals surface area contributed by atoms with Gasteiger partial charge in [0, 0.05) is 30.9 Å². The fraction of sp³-hybridized carbons (Fsp3) is 0.400. The number of carboxylic acids is 1. The van der Waals surface area contributed by atoms with Crippen LogP contribution in [0, 0.1) is 11.8 Å². The van der Waals surface area contributed by atoms with Crippen molar-refractivity contribution >= 4 is 35.2 Å². The van der Waals surface area contributed by atoms with E-state index >= 15 is 0 Å². The average molecular weight is 590 g/mol. The number of H-pyrrole nitrogens is 1. The van der Waals surface area contributed by atoms with Gasteiger partial charge < -0.3 is 15.7 Å². The fourth-order valence-electron chi connectivity index (χ4n) is 5.23. The molecule has 1 aliphatic heterocycles. The second kappa shape index (κ2) is 14.3. The number of rotatable bonds is 14. The number of nitrogens with one attached hydrogen (secondary N) is 3. The number of hydrogen-bond acceptors (Lipinski definition) is 8. The first-order chi connectivity index (χ1) is 20.7. The summed E-state index contributed by atoms with van der Waals surface area (Å²) in [4.78, 5) is 65.3. The maximum absolute atomic E-state index is 13.5. The standard InChI is InChI=1S/C30H35N7O6/c1-3-18(2)23(15-22(38)12-19-7-6-8-20(11-19)13-28(40)41)29(42)32-17-27(39)37-24-10-5-4-9-21(24)14-25(37)30(43)31-16-26-33-35-36-34-26/h4-11,18,23,25H,3,12-17H2,1-2H3,(H,31,43)(H,32,42)(H,40,41)(H,33,34,35,36)/t18-,23-,25-/m0/s1. The van der Waals surface area contributed by atoms with Gasteiger partial charge in [0.05, 0.1) is 19.5 Å². The van der Waals surface area contributed by atoms with E-state index < -0.39 is 35.7 Å². The number of ketones is 1. The Labute approximate surface area is 248 Å². The zero-order valence-electron chi connectivity index (χ0n) is 24.1. The van der Waals surface area contributed by atoms with E-state index in [2.05, 4.69) is 31.3 Å². The summed E-state index contributed by atoms with van der Waals surface area (Å²) < 4.78 is 0. The Morgan fingerprint density at radius 1 is 1.05 bits per heavy atom. The number of aliphatic carboxylic acids is 1. The molecule has 0 unspecified atom stereocenters. The molecule has 0 saturated carbocycles. The molecule has 1 aliphatic rings. The fourth-order valence-corrected chi connectivity index (χ4v) is 5.23. The molecule has 0 radical (unpaired) electrons. The molecule has 1 aromatic heterocycles. The van der Waals surface area contributed by atoms with Crippen LogP contribution in [-0.2, 0) is 49.8 Å². The van der Waals surface area contributed by atoms with E-state index in [1.807, 2.05) is 26.0 Å². The minimum Gasteiger partial charge on any atom is -0.481 e. The predicted molar refractivity (Wildman–Crippen MR) is 155 cm³/mol. The molecule has 0 saturated heterocycles. The van der Waals surface area contributed by atoms with Gasteiger partial charge in [-0.05, 0) is 28.7 Å². The SMILES string of the molecule is CC[C@H](C)[C@H](CC(=O)Cc1cccc(CC(=O)O)c1)C(=O)NCC(=O)N1c2ccccc2C[C@H]1C(=O)NCc1nn[nH]n1. The number of Topliss-reactive ketones (excluding diaryl/α,β-unsaturated/α-hetero) is 1. The first-order valence-corrected chi connectivity index (χ1v) is 14.1. The van der Waals surface area contributed by atoms with Crippen LogP contribution in [0.25, 0.3) is 0 Å². The molecule has 3 amide bonds. The first-order valence-electron chi connectivity index (χ1n) is 14.1. The molecule has 2 heterocycles. The number of anilines is 1. The lowest BCUT2D eigenvalue weighted by Gasteiger charge is -2.26. The van der Waals surface area contributed by atoms with Crippen LogP contribution in [0.4, 0.5) is 5.69 Å². The smallest absolute Gasteiger partial charge is 0.307 e. The third-order valence-corrected chi connectivity index (χ3v) is 7.63. The highest BCUT2D eigenvalue weighted by Gasteiger charge is 2.38. The van der Waals surface area contributed by atoms with E-state index in [0.717, 1.165) is 5.56 Å². The molecular formula is C30H35N7O6. The number of fused-ring (bicyclic) bond motifs is 1. The Hall–Kier alpha value is -4.94. The zero-order chi connectivity index (χ0) is 30.9. The van der Waals surface area contributed by atoms with Gasteiger partial charge in [-0.15, -0.1) is 10.2 Å². The molecule has 13 nitrogen and oxygen atoms in total. The van der Waals surface area contributed by atoms with Crippen LogP contribution in [0.3, 0.4) is 0 Å². The average Bonchev–Trinajstić information content (AvgIpc) is 3.65. The number of tetrazole rings is 1. The molecule has 0 fully saturated rings. The second-order valence-electron chi connectivity index (χ2n) is 10.7. The van der Waals surface area contributed by atoms with Gasteiger partial charge in [-0.2, -0.15) is 5.21 Å². The molecule has 226 valence electrons. The maximum atomic E-state index is 13.5. The van der Waals surface area contributed by atoms with Crippen LogP contribution in [0.1, 0.15) is 49.2 Å². The Kier molecular flexibility index (Phi) is 10.3. The van der Waals surface area contributed by atoms with Crippen molar-refractivity contribution in [1.82, 2.24) is 31.3 Å². The van der Waals surface area contributed by atoms with Crippen LogP contribution in [0.5, 0.6) is 0 Å². The summed E-state index contributed by atoms with van der Waals surface area (Å²) in [6, 6.07) is 13.2. The number of aromatic amines is 1. The summed E-state index contributed by atoms with van der Waals surface area (Å²) in [6.45, 7) is 3.50. The van der Waals surface area contributed by atoms with E-state index in [0.29, 0.717) is 35.5 Å². The number of carbonyl (C=O) groups is 5. The molecule has 0 aliphatic carbocycles. The molecule has 13 heteroatoms.